The van der Waals surface area contributed by atoms with Gasteiger partial charge in [0.05, 0.1) is 0 Å². The first-order chi connectivity index (χ1) is 7.97. The highest BCUT2D eigenvalue weighted by Gasteiger charge is 1.85. The third-order valence-corrected chi connectivity index (χ3v) is 2.27. The van der Waals surface area contributed by atoms with Crippen LogP contribution in [0.3, 0.4) is 0 Å². The normalized spacial score (nSPS) is 9.25. The monoisotopic (exact) mass is 205 g/mol. The molecule has 3 aromatic carbocycles. The first-order valence-corrected chi connectivity index (χ1v) is 5.32. The summed E-state index contributed by atoms with van der Waals surface area (Å²) in [5.41, 5.74) is 0. The highest BCUT2D eigenvalue weighted by atomic mass is 13.9. The maximum absolute atomic E-state index is 2.89. The number of fused-ring (bicyclic) bond motifs is 1. The molecule has 0 nitrogen and oxygen atoms in total. The molecule has 0 heteroatoms. The fraction of sp³-hybridized carbons (Fsp3) is 0. The number of rotatable bonds is 0. The number of hydrogen-bond donors (Lipinski definition) is 0. The standard InChI is InChI=1S/C10H8.C6H5/c1-2-6-10-8-4-3-7-9(10)5-1;1-2-4-6-5-3-1/h1-8H;1-5H. The molecule has 0 aliphatic rings. The minimum Gasteiger partial charge on any atom is -0.0622 e. The molecule has 0 saturated carbocycles. The van der Waals surface area contributed by atoms with E-state index < -0.39 is 0 Å². The Bertz CT molecular complexity index is 434. The van der Waals surface area contributed by atoms with Crippen LogP contribution in [0.1, 0.15) is 0 Å². The molecule has 0 saturated heterocycles. The van der Waals surface area contributed by atoms with Gasteiger partial charge >= 0.3 is 0 Å². The van der Waals surface area contributed by atoms with Crippen LogP contribution in [0.25, 0.3) is 10.8 Å². The van der Waals surface area contributed by atoms with Gasteiger partial charge in [-0.15, -0.1) is 0 Å². The lowest BCUT2D eigenvalue weighted by atomic mass is 10.1. The highest BCUT2D eigenvalue weighted by molar-refractivity contribution is 5.81. The predicted molar refractivity (Wildman–Crippen MR) is 69.2 cm³/mol. The van der Waals surface area contributed by atoms with Crippen LogP contribution in [0.4, 0.5) is 0 Å². The molecular formula is C16H13. The summed E-state index contributed by atoms with van der Waals surface area (Å²) in [5.74, 6) is 0. The van der Waals surface area contributed by atoms with Crippen molar-refractivity contribution in [1.29, 1.82) is 0 Å². The van der Waals surface area contributed by atoms with Gasteiger partial charge in [-0.05, 0) is 16.8 Å². The first-order valence-electron chi connectivity index (χ1n) is 5.32. The minimum atomic E-state index is 1.31. The van der Waals surface area contributed by atoms with Gasteiger partial charge in [0.1, 0.15) is 0 Å². The SMILES string of the molecule is [c]1ccccc1.c1ccc2ccccc2c1. The Morgan fingerprint density at radius 1 is 0.500 bits per heavy atom. The zero-order chi connectivity index (χ0) is 11.1. The summed E-state index contributed by atoms with van der Waals surface area (Å²) in [6, 6.07) is 29.2. The summed E-state index contributed by atoms with van der Waals surface area (Å²) in [6.07, 6.45) is 0. The average molecular weight is 205 g/mol. The van der Waals surface area contributed by atoms with Gasteiger partial charge in [-0.3, -0.25) is 0 Å². The van der Waals surface area contributed by atoms with E-state index in [1.807, 2.05) is 30.3 Å². The molecule has 0 fully saturated rings. The summed E-state index contributed by atoms with van der Waals surface area (Å²) in [5, 5.41) is 2.62. The molecule has 0 spiro atoms. The smallest absolute Gasteiger partial charge is 0.0184 e. The van der Waals surface area contributed by atoms with Crippen LogP contribution in [0.5, 0.6) is 0 Å². The van der Waals surface area contributed by atoms with E-state index in [1.54, 1.807) is 0 Å². The third kappa shape index (κ3) is 2.96. The maximum Gasteiger partial charge on any atom is -0.0184 e. The highest BCUT2D eigenvalue weighted by Crippen LogP contribution is 2.11. The summed E-state index contributed by atoms with van der Waals surface area (Å²) in [4.78, 5) is 0. The molecule has 0 heterocycles. The average Bonchev–Trinajstić information content (AvgIpc) is 2.42. The Morgan fingerprint density at radius 3 is 1.19 bits per heavy atom. The Hall–Kier alpha value is -2.08. The van der Waals surface area contributed by atoms with Gasteiger partial charge in [-0.25, -0.2) is 0 Å². The molecule has 0 bridgehead atoms. The van der Waals surface area contributed by atoms with Crippen LogP contribution in [0.2, 0.25) is 0 Å². The Kier molecular flexibility index (Phi) is 3.73. The van der Waals surface area contributed by atoms with Gasteiger partial charge in [0.25, 0.3) is 0 Å². The van der Waals surface area contributed by atoms with E-state index in [0.29, 0.717) is 0 Å². The Labute approximate surface area is 96.2 Å². The zero-order valence-electron chi connectivity index (χ0n) is 9.01. The van der Waals surface area contributed by atoms with Gasteiger partial charge in [0.2, 0.25) is 0 Å². The van der Waals surface area contributed by atoms with Gasteiger partial charge in [-0.2, -0.15) is 0 Å². The van der Waals surface area contributed by atoms with E-state index in [2.05, 4.69) is 54.6 Å². The number of benzene rings is 3. The largest absolute Gasteiger partial charge is 0.0622 e. The van der Waals surface area contributed by atoms with E-state index >= 15 is 0 Å². The summed E-state index contributed by atoms with van der Waals surface area (Å²) in [7, 11) is 0. The van der Waals surface area contributed by atoms with E-state index in [4.69, 9.17) is 0 Å². The summed E-state index contributed by atoms with van der Waals surface area (Å²) < 4.78 is 0. The summed E-state index contributed by atoms with van der Waals surface area (Å²) >= 11 is 0. The van der Waals surface area contributed by atoms with E-state index in [1.165, 1.54) is 10.8 Å². The van der Waals surface area contributed by atoms with Crippen molar-refractivity contribution in [3.8, 4) is 0 Å². The maximum atomic E-state index is 2.89. The van der Waals surface area contributed by atoms with E-state index in [0.717, 1.165) is 0 Å². The molecule has 16 heavy (non-hydrogen) atoms. The van der Waals surface area contributed by atoms with Gasteiger partial charge in [0.15, 0.2) is 0 Å². The first kappa shape index (κ1) is 10.4. The van der Waals surface area contributed by atoms with E-state index in [-0.39, 0.29) is 0 Å². The molecule has 0 aliphatic carbocycles. The molecule has 1 radical (unpaired) electrons. The topological polar surface area (TPSA) is 0 Å². The van der Waals surface area contributed by atoms with Crippen molar-refractivity contribution >= 4 is 10.8 Å². The molecule has 0 atom stereocenters. The van der Waals surface area contributed by atoms with Crippen molar-refractivity contribution in [3.63, 3.8) is 0 Å². The molecule has 0 aromatic heterocycles. The van der Waals surface area contributed by atoms with Gasteiger partial charge in [0, 0.05) is 0 Å². The van der Waals surface area contributed by atoms with Crippen molar-refractivity contribution in [2.24, 2.45) is 0 Å². The second-order valence-electron chi connectivity index (χ2n) is 3.42. The lowest BCUT2D eigenvalue weighted by Gasteiger charge is -1.92. The zero-order valence-corrected chi connectivity index (χ0v) is 9.01. The minimum absolute atomic E-state index is 1.31. The fourth-order valence-corrected chi connectivity index (χ4v) is 1.47. The molecule has 3 aromatic rings. The van der Waals surface area contributed by atoms with Crippen LogP contribution in [-0.4, -0.2) is 0 Å². The summed E-state index contributed by atoms with van der Waals surface area (Å²) in [6.45, 7) is 0. The van der Waals surface area contributed by atoms with E-state index in [9.17, 15) is 0 Å². The Balaban J connectivity index is 0.000000138. The van der Waals surface area contributed by atoms with Crippen molar-refractivity contribution in [2.45, 2.75) is 0 Å². The van der Waals surface area contributed by atoms with Gasteiger partial charge < -0.3 is 0 Å². The lowest BCUT2D eigenvalue weighted by Crippen LogP contribution is -1.67. The van der Waals surface area contributed by atoms with Crippen LogP contribution < -0.4 is 0 Å². The van der Waals surface area contributed by atoms with Crippen LogP contribution in [0.15, 0.2) is 78.9 Å². The van der Waals surface area contributed by atoms with Crippen molar-refractivity contribution in [2.75, 3.05) is 0 Å². The predicted octanol–water partition coefficient (Wildman–Crippen LogP) is 4.33. The van der Waals surface area contributed by atoms with Crippen molar-refractivity contribution in [1.82, 2.24) is 0 Å². The molecule has 3 rings (SSSR count). The molecule has 0 N–H and O–H groups in total. The second-order valence-corrected chi connectivity index (χ2v) is 3.42. The van der Waals surface area contributed by atoms with Crippen LogP contribution >= 0.6 is 0 Å². The fourth-order valence-electron chi connectivity index (χ4n) is 1.47. The molecule has 0 amide bonds. The molecule has 0 unspecified atom stereocenters. The van der Waals surface area contributed by atoms with Gasteiger partial charge in [-0.1, -0.05) is 78.9 Å². The van der Waals surface area contributed by atoms with Crippen LogP contribution in [0, 0.1) is 6.07 Å². The lowest BCUT2D eigenvalue weighted by molar-refractivity contribution is 1.70. The number of hydrogen-bond acceptors (Lipinski definition) is 0. The second kappa shape index (κ2) is 5.72. The van der Waals surface area contributed by atoms with Crippen molar-refractivity contribution in [3.05, 3.63) is 84.9 Å². The van der Waals surface area contributed by atoms with Crippen LogP contribution in [-0.2, 0) is 0 Å². The third-order valence-electron chi connectivity index (χ3n) is 2.27. The van der Waals surface area contributed by atoms with Crippen molar-refractivity contribution < 1.29 is 0 Å². The molecular weight excluding hydrogens is 192 g/mol. The Morgan fingerprint density at radius 2 is 0.938 bits per heavy atom. The molecule has 0 aliphatic heterocycles. The quantitative estimate of drug-likeness (QED) is 0.512. The molecule has 77 valence electrons.